The number of likely N-dealkylation sites (tertiary alicyclic amines) is 1. The molecule has 0 aliphatic carbocycles. The molecule has 3 rings (SSSR count). The minimum atomic E-state index is -3.74. The fraction of sp³-hybridized carbons (Fsp3) is 0.458. The first-order valence-electron chi connectivity index (χ1n) is 11.1. The van der Waals surface area contributed by atoms with Gasteiger partial charge >= 0.3 is 0 Å². The summed E-state index contributed by atoms with van der Waals surface area (Å²) in [5.41, 5.74) is 2.45. The highest BCUT2D eigenvalue weighted by molar-refractivity contribution is 7.92. The van der Waals surface area contributed by atoms with Gasteiger partial charge in [0.15, 0.2) is 0 Å². The van der Waals surface area contributed by atoms with Gasteiger partial charge in [0.2, 0.25) is 15.9 Å². The molecule has 0 radical (unpaired) electrons. The Labute approximate surface area is 196 Å². The van der Waals surface area contributed by atoms with Crippen LogP contribution in [0.4, 0.5) is 5.69 Å². The lowest BCUT2D eigenvalue weighted by Crippen LogP contribution is -2.40. The normalized spacial score (nSPS) is 14.5. The average molecular weight is 476 g/mol. The van der Waals surface area contributed by atoms with Crippen molar-refractivity contribution < 1.29 is 22.7 Å². The maximum Gasteiger partial charge on any atom is 0.241 e. The SMILES string of the molecule is COc1ccc(OC)c(N(CC(=O)NCc2ccc(CN3CCCCC3)cc2)S(C)(=O)=O)c1. The van der Waals surface area contributed by atoms with Crippen LogP contribution in [0, 0.1) is 0 Å². The number of amides is 1. The van der Waals surface area contributed by atoms with Gasteiger partial charge in [0.1, 0.15) is 18.0 Å². The van der Waals surface area contributed by atoms with Crippen molar-refractivity contribution in [3.05, 3.63) is 53.6 Å². The van der Waals surface area contributed by atoms with Gasteiger partial charge in [-0.05, 0) is 49.2 Å². The van der Waals surface area contributed by atoms with Gasteiger partial charge in [-0.3, -0.25) is 14.0 Å². The van der Waals surface area contributed by atoms with Gasteiger partial charge in [0, 0.05) is 19.2 Å². The van der Waals surface area contributed by atoms with Crippen LogP contribution in [0.5, 0.6) is 11.5 Å². The number of piperidine rings is 1. The largest absolute Gasteiger partial charge is 0.497 e. The van der Waals surface area contributed by atoms with Crippen LogP contribution >= 0.6 is 0 Å². The van der Waals surface area contributed by atoms with Crippen molar-refractivity contribution in [1.82, 2.24) is 10.2 Å². The number of nitrogens with zero attached hydrogens (tertiary/aromatic N) is 2. The van der Waals surface area contributed by atoms with E-state index >= 15 is 0 Å². The molecule has 1 saturated heterocycles. The summed E-state index contributed by atoms with van der Waals surface area (Å²) in [6.45, 7) is 3.18. The molecule has 33 heavy (non-hydrogen) atoms. The first kappa shape index (κ1) is 24.9. The molecule has 9 heteroatoms. The second-order valence-corrected chi connectivity index (χ2v) is 10.1. The molecule has 0 saturated carbocycles. The second-order valence-electron chi connectivity index (χ2n) is 8.24. The van der Waals surface area contributed by atoms with Crippen LogP contribution in [-0.2, 0) is 27.9 Å². The number of hydrogen-bond donors (Lipinski definition) is 1. The van der Waals surface area contributed by atoms with E-state index in [0.29, 0.717) is 18.0 Å². The Morgan fingerprint density at radius 3 is 2.27 bits per heavy atom. The number of rotatable bonds is 10. The third kappa shape index (κ3) is 7.10. The number of carbonyl (C=O) groups excluding carboxylic acids is 1. The van der Waals surface area contributed by atoms with Crippen molar-refractivity contribution in [3.63, 3.8) is 0 Å². The summed E-state index contributed by atoms with van der Waals surface area (Å²) in [5.74, 6) is 0.380. The average Bonchev–Trinajstić information content (AvgIpc) is 2.81. The van der Waals surface area contributed by atoms with Crippen molar-refractivity contribution >= 4 is 21.6 Å². The van der Waals surface area contributed by atoms with Crippen molar-refractivity contribution in [2.24, 2.45) is 0 Å². The number of hydrogen-bond acceptors (Lipinski definition) is 6. The van der Waals surface area contributed by atoms with E-state index < -0.39 is 15.9 Å². The Kier molecular flexibility index (Phi) is 8.57. The molecule has 0 bridgehead atoms. The lowest BCUT2D eigenvalue weighted by atomic mass is 10.1. The van der Waals surface area contributed by atoms with E-state index in [9.17, 15) is 13.2 Å². The van der Waals surface area contributed by atoms with Gasteiger partial charge in [0.25, 0.3) is 0 Å². The number of carbonyl (C=O) groups is 1. The third-order valence-corrected chi connectivity index (χ3v) is 6.84. The van der Waals surface area contributed by atoms with Crippen LogP contribution in [0.15, 0.2) is 42.5 Å². The monoisotopic (exact) mass is 475 g/mol. The molecule has 0 unspecified atom stereocenters. The Hall–Kier alpha value is -2.78. The molecule has 1 fully saturated rings. The van der Waals surface area contributed by atoms with Gasteiger partial charge < -0.3 is 14.8 Å². The van der Waals surface area contributed by atoms with Gasteiger partial charge in [-0.1, -0.05) is 30.7 Å². The Bertz CT molecular complexity index is 1030. The number of nitrogens with one attached hydrogen (secondary N) is 1. The first-order valence-corrected chi connectivity index (χ1v) is 12.9. The van der Waals surface area contributed by atoms with Crippen molar-refractivity contribution in [1.29, 1.82) is 0 Å². The van der Waals surface area contributed by atoms with E-state index in [1.807, 2.05) is 12.1 Å². The predicted octanol–water partition coefficient (Wildman–Crippen LogP) is 2.77. The molecule has 1 amide bonds. The zero-order valence-electron chi connectivity index (χ0n) is 19.5. The fourth-order valence-corrected chi connectivity index (χ4v) is 4.75. The van der Waals surface area contributed by atoms with Crippen LogP contribution in [0.2, 0.25) is 0 Å². The highest BCUT2D eigenvalue weighted by Gasteiger charge is 2.24. The lowest BCUT2D eigenvalue weighted by molar-refractivity contribution is -0.119. The fourth-order valence-electron chi connectivity index (χ4n) is 3.90. The summed E-state index contributed by atoms with van der Waals surface area (Å²) >= 11 is 0. The summed E-state index contributed by atoms with van der Waals surface area (Å²) in [6.07, 6.45) is 4.89. The Balaban J connectivity index is 1.62. The van der Waals surface area contributed by atoms with Crippen molar-refractivity contribution in [2.75, 3.05) is 44.4 Å². The molecular formula is C24H33N3O5S. The topological polar surface area (TPSA) is 88.2 Å². The minimum absolute atomic E-state index is 0.247. The van der Waals surface area contributed by atoms with E-state index in [2.05, 4.69) is 22.3 Å². The molecule has 2 aromatic rings. The van der Waals surface area contributed by atoms with E-state index in [4.69, 9.17) is 9.47 Å². The second kappa shape index (κ2) is 11.4. The van der Waals surface area contributed by atoms with Crippen molar-refractivity contribution in [2.45, 2.75) is 32.4 Å². The summed E-state index contributed by atoms with van der Waals surface area (Å²) < 4.78 is 36.4. The summed E-state index contributed by atoms with van der Waals surface area (Å²) in [7, 11) is -0.809. The minimum Gasteiger partial charge on any atom is -0.497 e. The van der Waals surface area contributed by atoms with Crippen LogP contribution in [0.1, 0.15) is 30.4 Å². The molecule has 8 nitrogen and oxygen atoms in total. The van der Waals surface area contributed by atoms with E-state index in [1.54, 1.807) is 12.1 Å². The number of benzene rings is 2. The zero-order valence-corrected chi connectivity index (χ0v) is 20.4. The zero-order chi connectivity index (χ0) is 23.8. The standard InChI is InChI=1S/C24H33N3O5S/c1-31-21-11-12-23(32-2)22(15-21)27(33(3,29)30)18-24(28)25-16-19-7-9-20(10-8-19)17-26-13-5-4-6-14-26/h7-12,15H,4-6,13-14,16-18H2,1-3H3,(H,25,28). The van der Waals surface area contributed by atoms with E-state index in [0.717, 1.165) is 35.8 Å². The Morgan fingerprint density at radius 1 is 1.00 bits per heavy atom. The molecule has 180 valence electrons. The third-order valence-electron chi connectivity index (χ3n) is 5.71. The lowest BCUT2D eigenvalue weighted by Gasteiger charge is -2.26. The molecule has 0 atom stereocenters. The maximum absolute atomic E-state index is 12.6. The quantitative estimate of drug-likeness (QED) is 0.569. The van der Waals surface area contributed by atoms with Crippen LogP contribution in [0.25, 0.3) is 0 Å². The summed E-state index contributed by atoms with van der Waals surface area (Å²) in [6, 6.07) is 13.0. The van der Waals surface area contributed by atoms with E-state index in [1.165, 1.54) is 45.1 Å². The van der Waals surface area contributed by atoms with Gasteiger partial charge in [-0.25, -0.2) is 8.42 Å². The number of sulfonamides is 1. The maximum atomic E-state index is 12.6. The van der Waals surface area contributed by atoms with Gasteiger partial charge in [-0.15, -0.1) is 0 Å². The van der Waals surface area contributed by atoms with Crippen LogP contribution < -0.4 is 19.1 Å². The number of methoxy groups -OCH3 is 2. The van der Waals surface area contributed by atoms with E-state index in [-0.39, 0.29) is 12.2 Å². The molecule has 0 aromatic heterocycles. The number of ether oxygens (including phenoxy) is 2. The Morgan fingerprint density at radius 2 is 1.67 bits per heavy atom. The molecular weight excluding hydrogens is 442 g/mol. The molecule has 1 aliphatic heterocycles. The molecule has 0 spiro atoms. The molecule has 1 aliphatic rings. The van der Waals surface area contributed by atoms with Crippen LogP contribution in [-0.4, -0.2) is 59.3 Å². The molecule has 1 heterocycles. The van der Waals surface area contributed by atoms with Crippen LogP contribution in [0.3, 0.4) is 0 Å². The highest BCUT2D eigenvalue weighted by Crippen LogP contribution is 2.33. The number of anilines is 1. The molecule has 2 aromatic carbocycles. The predicted molar refractivity (Wildman–Crippen MR) is 129 cm³/mol. The van der Waals surface area contributed by atoms with Gasteiger partial charge in [0.05, 0.1) is 26.2 Å². The van der Waals surface area contributed by atoms with Crippen molar-refractivity contribution in [3.8, 4) is 11.5 Å². The smallest absolute Gasteiger partial charge is 0.241 e. The summed E-state index contributed by atoms with van der Waals surface area (Å²) in [4.78, 5) is 15.1. The first-order chi connectivity index (χ1) is 15.8. The highest BCUT2D eigenvalue weighted by atomic mass is 32.2. The van der Waals surface area contributed by atoms with Gasteiger partial charge in [-0.2, -0.15) is 0 Å². The molecule has 1 N–H and O–H groups in total. The summed E-state index contributed by atoms with van der Waals surface area (Å²) in [5, 5.41) is 2.81.